The maximum Gasteiger partial charge on any atom is 0.230 e. The van der Waals surface area contributed by atoms with Crippen LogP contribution in [0, 0.1) is 0 Å². The van der Waals surface area contributed by atoms with Crippen molar-refractivity contribution in [3.8, 4) is 0 Å². The number of anilines is 2. The smallest absolute Gasteiger partial charge is 0.230 e. The van der Waals surface area contributed by atoms with Gasteiger partial charge in [0.1, 0.15) is 0 Å². The van der Waals surface area contributed by atoms with Gasteiger partial charge >= 0.3 is 0 Å². The molecule has 1 aliphatic heterocycles. The highest BCUT2D eigenvalue weighted by atomic mass is 32.1. The number of benzene rings is 1. The molecule has 0 saturated carbocycles. The molecule has 3 rings (SSSR count). The standard InChI is InChI=1S/C20H24N4O3S/c1-3-23(14(2)25)12-15-6-4-7-16(10-15)21-18(26)11-17-13-28-20(22-17)24-9-5-8-19(24)27/h4,6-7,10,13H,3,5,8-9,11-12H2,1-2H3,(H,21,26). The maximum atomic E-state index is 12.4. The molecular weight excluding hydrogens is 376 g/mol. The summed E-state index contributed by atoms with van der Waals surface area (Å²) in [5, 5.41) is 5.37. The average molecular weight is 401 g/mol. The van der Waals surface area contributed by atoms with Crippen molar-refractivity contribution in [3.63, 3.8) is 0 Å². The molecule has 1 aromatic heterocycles. The van der Waals surface area contributed by atoms with Gasteiger partial charge in [0.25, 0.3) is 0 Å². The first-order valence-electron chi connectivity index (χ1n) is 9.35. The molecule has 0 radical (unpaired) electrons. The summed E-state index contributed by atoms with van der Waals surface area (Å²) >= 11 is 1.39. The van der Waals surface area contributed by atoms with Crippen molar-refractivity contribution in [1.29, 1.82) is 0 Å². The quantitative estimate of drug-likeness (QED) is 0.775. The number of nitrogens with zero attached hydrogens (tertiary/aromatic N) is 3. The predicted octanol–water partition coefficient (Wildman–Crippen LogP) is 2.82. The summed E-state index contributed by atoms with van der Waals surface area (Å²) in [6.07, 6.45) is 1.56. The van der Waals surface area contributed by atoms with Crippen LogP contribution in [0.4, 0.5) is 10.8 Å². The van der Waals surface area contributed by atoms with Gasteiger partial charge in [-0.15, -0.1) is 11.3 Å². The minimum Gasteiger partial charge on any atom is -0.339 e. The third-order valence-electron chi connectivity index (χ3n) is 4.60. The Labute approximate surface area is 168 Å². The fourth-order valence-corrected chi connectivity index (χ4v) is 4.00. The Morgan fingerprint density at radius 2 is 2.18 bits per heavy atom. The molecule has 7 nitrogen and oxygen atoms in total. The van der Waals surface area contributed by atoms with Crippen molar-refractivity contribution < 1.29 is 14.4 Å². The second-order valence-electron chi connectivity index (χ2n) is 6.73. The lowest BCUT2D eigenvalue weighted by molar-refractivity contribution is -0.129. The summed E-state index contributed by atoms with van der Waals surface area (Å²) in [6.45, 7) is 5.32. The topological polar surface area (TPSA) is 82.6 Å². The van der Waals surface area contributed by atoms with E-state index in [1.54, 1.807) is 16.7 Å². The summed E-state index contributed by atoms with van der Waals surface area (Å²) in [6, 6.07) is 7.49. The molecule has 3 amide bonds. The molecule has 0 unspecified atom stereocenters. The van der Waals surface area contributed by atoms with E-state index in [4.69, 9.17) is 0 Å². The van der Waals surface area contributed by atoms with E-state index in [0.717, 1.165) is 12.0 Å². The van der Waals surface area contributed by atoms with E-state index in [1.807, 2.05) is 36.6 Å². The minimum absolute atomic E-state index is 0.0211. The Morgan fingerprint density at radius 3 is 2.86 bits per heavy atom. The van der Waals surface area contributed by atoms with Gasteiger partial charge in [-0.2, -0.15) is 0 Å². The van der Waals surface area contributed by atoms with E-state index >= 15 is 0 Å². The molecule has 28 heavy (non-hydrogen) atoms. The zero-order valence-electron chi connectivity index (χ0n) is 16.1. The first kappa shape index (κ1) is 20.0. The SMILES string of the molecule is CCN(Cc1cccc(NC(=O)Cc2csc(N3CCCC3=O)n2)c1)C(C)=O. The largest absolute Gasteiger partial charge is 0.339 e. The van der Waals surface area contributed by atoms with Crippen molar-refractivity contribution in [1.82, 2.24) is 9.88 Å². The summed E-state index contributed by atoms with van der Waals surface area (Å²) < 4.78 is 0. The minimum atomic E-state index is -0.166. The van der Waals surface area contributed by atoms with Crippen molar-refractivity contribution >= 4 is 39.9 Å². The van der Waals surface area contributed by atoms with Crippen LogP contribution in [0.15, 0.2) is 29.6 Å². The first-order valence-corrected chi connectivity index (χ1v) is 10.2. The van der Waals surface area contributed by atoms with Crippen LogP contribution in [0.25, 0.3) is 0 Å². The molecule has 1 saturated heterocycles. The van der Waals surface area contributed by atoms with Crippen molar-refractivity contribution in [2.75, 3.05) is 23.3 Å². The van der Waals surface area contributed by atoms with Gasteiger partial charge in [-0.1, -0.05) is 12.1 Å². The Balaban J connectivity index is 1.59. The van der Waals surface area contributed by atoms with Gasteiger partial charge in [-0.25, -0.2) is 4.98 Å². The number of hydrogen-bond acceptors (Lipinski definition) is 5. The summed E-state index contributed by atoms with van der Waals surface area (Å²) in [5.74, 6) is -0.0535. The van der Waals surface area contributed by atoms with Crippen LogP contribution in [0.3, 0.4) is 0 Å². The molecule has 1 aliphatic rings. The molecule has 2 aromatic rings. The van der Waals surface area contributed by atoms with E-state index in [0.29, 0.717) is 42.6 Å². The highest BCUT2D eigenvalue weighted by Gasteiger charge is 2.24. The zero-order chi connectivity index (χ0) is 20.1. The molecule has 0 atom stereocenters. The van der Waals surface area contributed by atoms with Gasteiger partial charge in [0.15, 0.2) is 5.13 Å². The van der Waals surface area contributed by atoms with Crippen LogP contribution in [0.1, 0.15) is 37.9 Å². The molecule has 148 valence electrons. The van der Waals surface area contributed by atoms with Gasteiger partial charge in [0.2, 0.25) is 17.7 Å². The average Bonchev–Trinajstić information content (AvgIpc) is 3.28. The van der Waals surface area contributed by atoms with Gasteiger partial charge in [-0.3, -0.25) is 19.3 Å². The number of nitrogens with one attached hydrogen (secondary N) is 1. The highest BCUT2D eigenvalue weighted by molar-refractivity contribution is 7.14. The van der Waals surface area contributed by atoms with Crippen molar-refractivity contribution in [3.05, 3.63) is 40.9 Å². The maximum absolute atomic E-state index is 12.4. The van der Waals surface area contributed by atoms with Gasteiger partial charge in [0.05, 0.1) is 12.1 Å². The number of aromatic nitrogens is 1. The van der Waals surface area contributed by atoms with Crippen LogP contribution in [-0.4, -0.2) is 40.7 Å². The second kappa shape index (κ2) is 8.97. The van der Waals surface area contributed by atoms with E-state index in [1.165, 1.54) is 11.3 Å². The van der Waals surface area contributed by atoms with E-state index in [2.05, 4.69) is 10.3 Å². The molecule has 1 aromatic carbocycles. The van der Waals surface area contributed by atoms with E-state index < -0.39 is 0 Å². The summed E-state index contributed by atoms with van der Waals surface area (Å²) in [4.78, 5) is 43.6. The summed E-state index contributed by atoms with van der Waals surface area (Å²) in [5.41, 5.74) is 2.30. The Kier molecular flexibility index (Phi) is 6.41. The number of carbonyl (C=O) groups excluding carboxylic acids is 3. The number of thiazole rings is 1. The number of carbonyl (C=O) groups is 3. The molecule has 2 heterocycles. The Hall–Kier alpha value is -2.74. The normalized spacial score (nSPS) is 13.6. The van der Waals surface area contributed by atoms with Crippen molar-refractivity contribution in [2.45, 2.75) is 39.7 Å². The van der Waals surface area contributed by atoms with Crippen LogP contribution >= 0.6 is 11.3 Å². The Bertz CT molecular complexity index is 880. The highest BCUT2D eigenvalue weighted by Crippen LogP contribution is 2.25. The lowest BCUT2D eigenvalue weighted by Gasteiger charge is -2.19. The number of hydrogen-bond donors (Lipinski definition) is 1. The van der Waals surface area contributed by atoms with Crippen LogP contribution in [0.5, 0.6) is 0 Å². The first-order chi connectivity index (χ1) is 13.5. The number of amides is 3. The van der Waals surface area contributed by atoms with Gasteiger partial charge in [-0.05, 0) is 31.0 Å². The number of rotatable bonds is 7. The molecule has 0 spiro atoms. The van der Waals surface area contributed by atoms with E-state index in [9.17, 15) is 14.4 Å². The Morgan fingerprint density at radius 1 is 1.36 bits per heavy atom. The molecule has 8 heteroatoms. The lowest BCUT2D eigenvalue weighted by atomic mass is 10.2. The molecule has 0 aliphatic carbocycles. The predicted molar refractivity (Wildman–Crippen MR) is 109 cm³/mol. The third kappa shape index (κ3) is 4.95. The fraction of sp³-hybridized carbons (Fsp3) is 0.400. The lowest BCUT2D eigenvalue weighted by Crippen LogP contribution is -2.27. The monoisotopic (exact) mass is 400 g/mol. The van der Waals surface area contributed by atoms with Crippen LogP contribution in [0.2, 0.25) is 0 Å². The zero-order valence-corrected chi connectivity index (χ0v) is 16.9. The van der Waals surface area contributed by atoms with Crippen LogP contribution in [-0.2, 0) is 27.3 Å². The molecule has 1 N–H and O–H groups in total. The third-order valence-corrected chi connectivity index (χ3v) is 5.51. The van der Waals surface area contributed by atoms with E-state index in [-0.39, 0.29) is 24.1 Å². The van der Waals surface area contributed by atoms with Gasteiger partial charge in [0, 0.05) is 44.0 Å². The second-order valence-corrected chi connectivity index (χ2v) is 7.57. The van der Waals surface area contributed by atoms with Crippen LogP contribution < -0.4 is 10.2 Å². The fourth-order valence-electron chi connectivity index (χ4n) is 3.14. The van der Waals surface area contributed by atoms with Gasteiger partial charge < -0.3 is 10.2 Å². The molecule has 0 bridgehead atoms. The molecular formula is C20H24N4O3S. The van der Waals surface area contributed by atoms with Crippen molar-refractivity contribution in [2.24, 2.45) is 0 Å². The molecule has 1 fully saturated rings. The summed E-state index contributed by atoms with van der Waals surface area (Å²) in [7, 11) is 0.